The molecule has 0 aliphatic carbocycles. The molecule has 6 N–H and O–H groups in total. The van der Waals surface area contributed by atoms with Gasteiger partial charge in [-0.2, -0.15) is 0 Å². The minimum atomic E-state index is -0.783. The van der Waals surface area contributed by atoms with Crippen molar-refractivity contribution in [2.24, 2.45) is 11.7 Å². The molecule has 1 heterocycles. The maximum Gasteiger partial charge on any atom is 0.243 e. The molecule has 0 aromatic heterocycles. The van der Waals surface area contributed by atoms with Crippen molar-refractivity contribution in [2.75, 3.05) is 13.1 Å². The van der Waals surface area contributed by atoms with Crippen LogP contribution in [0.15, 0.2) is 0 Å². The Morgan fingerprint density at radius 2 is 1.48 bits per heavy atom. The summed E-state index contributed by atoms with van der Waals surface area (Å²) in [5.74, 6) is -1.56. The molecule has 0 saturated carbocycles. The van der Waals surface area contributed by atoms with Crippen LogP contribution < -0.4 is 27.0 Å². The van der Waals surface area contributed by atoms with E-state index >= 15 is 0 Å². The van der Waals surface area contributed by atoms with E-state index < -0.39 is 23.9 Å². The van der Waals surface area contributed by atoms with Gasteiger partial charge in [0.15, 0.2) is 0 Å². The Labute approximate surface area is 198 Å². The highest BCUT2D eigenvalue weighted by atomic mass is 16.2. The molecular formula is C24H45N5O4. The van der Waals surface area contributed by atoms with E-state index in [1.807, 2.05) is 13.8 Å². The fraction of sp³-hybridized carbons (Fsp3) is 0.833. The van der Waals surface area contributed by atoms with Crippen molar-refractivity contribution in [2.45, 2.75) is 110 Å². The second-order valence-electron chi connectivity index (χ2n) is 9.38. The normalized spacial score (nSPS) is 23.0. The lowest BCUT2D eigenvalue weighted by Gasteiger charge is -2.27. The zero-order valence-electron chi connectivity index (χ0n) is 20.7. The molecule has 3 atom stereocenters. The summed E-state index contributed by atoms with van der Waals surface area (Å²) < 4.78 is 0. The second kappa shape index (κ2) is 16.5. The maximum absolute atomic E-state index is 13.1. The van der Waals surface area contributed by atoms with Crippen LogP contribution in [0, 0.1) is 5.92 Å². The molecule has 0 radical (unpaired) electrons. The number of carbonyl (C=O) groups is 4. The molecule has 0 aromatic carbocycles. The average molecular weight is 468 g/mol. The molecule has 1 aliphatic rings. The van der Waals surface area contributed by atoms with Gasteiger partial charge in [0.1, 0.15) is 12.1 Å². The van der Waals surface area contributed by atoms with E-state index in [9.17, 15) is 19.2 Å². The SMILES string of the molecule is CCCCCCCC[C@H]1CC(=O)NCC(=O)N[C@@H](CCCCN)C(=O)N[C@@H](C(C)C)C(=O)N1. The molecule has 0 unspecified atom stereocenters. The average Bonchev–Trinajstić information content (AvgIpc) is 2.77. The smallest absolute Gasteiger partial charge is 0.243 e. The van der Waals surface area contributed by atoms with Gasteiger partial charge in [-0.1, -0.05) is 59.3 Å². The van der Waals surface area contributed by atoms with Crippen molar-refractivity contribution < 1.29 is 19.2 Å². The minimum absolute atomic E-state index is 0.104. The summed E-state index contributed by atoms with van der Waals surface area (Å²) in [6.45, 7) is 6.19. The Balaban J connectivity index is 2.91. The first-order chi connectivity index (χ1) is 15.8. The predicted molar refractivity (Wildman–Crippen MR) is 129 cm³/mol. The van der Waals surface area contributed by atoms with E-state index in [1.54, 1.807) is 0 Å². The van der Waals surface area contributed by atoms with Crippen molar-refractivity contribution in [1.82, 2.24) is 21.3 Å². The van der Waals surface area contributed by atoms with Crippen LogP contribution in [0.2, 0.25) is 0 Å². The lowest BCUT2D eigenvalue weighted by molar-refractivity contribution is -0.133. The number of rotatable bonds is 12. The Morgan fingerprint density at radius 1 is 0.818 bits per heavy atom. The Bertz CT molecular complexity index is 626. The van der Waals surface area contributed by atoms with E-state index in [2.05, 4.69) is 28.2 Å². The first kappa shape index (κ1) is 28.9. The van der Waals surface area contributed by atoms with Crippen LogP contribution in [0.1, 0.15) is 91.4 Å². The summed E-state index contributed by atoms with van der Waals surface area (Å²) in [7, 11) is 0. The van der Waals surface area contributed by atoms with Crippen molar-refractivity contribution in [3.63, 3.8) is 0 Å². The third-order valence-corrected chi connectivity index (χ3v) is 5.98. The van der Waals surface area contributed by atoms with E-state index in [-0.39, 0.29) is 36.7 Å². The van der Waals surface area contributed by atoms with Crippen LogP contribution in [0.5, 0.6) is 0 Å². The fourth-order valence-corrected chi connectivity index (χ4v) is 3.96. The predicted octanol–water partition coefficient (Wildman–Crippen LogP) is 1.50. The number of carbonyl (C=O) groups excluding carboxylic acids is 4. The van der Waals surface area contributed by atoms with E-state index in [0.717, 1.165) is 25.7 Å². The molecule has 33 heavy (non-hydrogen) atoms. The summed E-state index contributed by atoms with van der Waals surface area (Å²) in [4.78, 5) is 50.8. The molecule has 0 aromatic rings. The highest BCUT2D eigenvalue weighted by Gasteiger charge is 2.30. The Kier molecular flexibility index (Phi) is 14.4. The monoisotopic (exact) mass is 467 g/mol. The van der Waals surface area contributed by atoms with Gasteiger partial charge < -0.3 is 27.0 Å². The standard InChI is InChI=1S/C24H45N5O4/c1-4-5-6-7-8-9-12-18-15-20(30)26-16-21(31)28-19(13-10-11-14-25)23(32)29-22(17(2)3)24(33)27-18/h17-19,22H,4-16,25H2,1-3H3,(H,26,30)(H,27,33)(H,28,31)(H,29,32)/t18-,19-,22-/m0/s1. The first-order valence-electron chi connectivity index (χ1n) is 12.6. The highest BCUT2D eigenvalue weighted by Crippen LogP contribution is 2.12. The molecule has 1 rings (SSSR count). The van der Waals surface area contributed by atoms with Crippen molar-refractivity contribution in [3.8, 4) is 0 Å². The topological polar surface area (TPSA) is 142 Å². The molecule has 9 heteroatoms. The number of unbranched alkanes of at least 4 members (excludes halogenated alkanes) is 6. The zero-order chi connectivity index (χ0) is 24.6. The third kappa shape index (κ3) is 12.0. The van der Waals surface area contributed by atoms with Crippen molar-refractivity contribution >= 4 is 23.6 Å². The molecule has 1 aliphatic heterocycles. The largest absolute Gasteiger partial charge is 0.351 e. The van der Waals surface area contributed by atoms with Crippen molar-refractivity contribution in [1.29, 1.82) is 0 Å². The maximum atomic E-state index is 13.1. The van der Waals surface area contributed by atoms with Gasteiger partial charge in [0.05, 0.1) is 6.54 Å². The molecule has 190 valence electrons. The van der Waals surface area contributed by atoms with Crippen LogP contribution >= 0.6 is 0 Å². The number of amides is 4. The van der Waals surface area contributed by atoms with E-state index in [4.69, 9.17) is 5.73 Å². The van der Waals surface area contributed by atoms with Crippen molar-refractivity contribution in [3.05, 3.63) is 0 Å². The summed E-state index contributed by atoms with van der Waals surface area (Å²) in [6.07, 6.45) is 9.27. The summed E-state index contributed by atoms with van der Waals surface area (Å²) in [5.41, 5.74) is 5.55. The first-order valence-corrected chi connectivity index (χ1v) is 12.6. The minimum Gasteiger partial charge on any atom is -0.351 e. The molecular weight excluding hydrogens is 422 g/mol. The van der Waals surface area contributed by atoms with E-state index in [0.29, 0.717) is 25.8 Å². The van der Waals surface area contributed by atoms with Crippen LogP contribution in [0.25, 0.3) is 0 Å². The molecule has 1 saturated heterocycles. The zero-order valence-corrected chi connectivity index (χ0v) is 20.7. The van der Waals surface area contributed by atoms with Gasteiger partial charge in [0.25, 0.3) is 0 Å². The molecule has 0 spiro atoms. The molecule has 1 fully saturated rings. The second-order valence-corrected chi connectivity index (χ2v) is 9.38. The quantitative estimate of drug-likeness (QED) is 0.276. The van der Waals surface area contributed by atoms with E-state index in [1.165, 1.54) is 19.3 Å². The summed E-state index contributed by atoms with van der Waals surface area (Å²) in [6, 6.07) is -1.87. The third-order valence-electron chi connectivity index (χ3n) is 5.98. The van der Waals surface area contributed by atoms with Gasteiger partial charge in [-0.3, -0.25) is 19.2 Å². The lowest BCUT2D eigenvalue weighted by Crippen LogP contribution is -2.56. The van der Waals surface area contributed by atoms with Crippen LogP contribution in [-0.4, -0.2) is 54.8 Å². The highest BCUT2D eigenvalue weighted by molar-refractivity contribution is 5.94. The van der Waals surface area contributed by atoms with Gasteiger partial charge in [-0.25, -0.2) is 0 Å². The van der Waals surface area contributed by atoms with Gasteiger partial charge in [0, 0.05) is 12.5 Å². The number of hydrogen-bond donors (Lipinski definition) is 5. The number of hydrogen-bond acceptors (Lipinski definition) is 5. The molecule has 9 nitrogen and oxygen atoms in total. The number of nitrogens with two attached hydrogens (primary N) is 1. The van der Waals surface area contributed by atoms with Crippen LogP contribution in [0.3, 0.4) is 0 Å². The van der Waals surface area contributed by atoms with Gasteiger partial charge >= 0.3 is 0 Å². The number of nitrogens with one attached hydrogen (secondary N) is 4. The lowest BCUT2D eigenvalue weighted by atomic mass is 9.99. The van der Waals surface area contributed by atoms with Crippen LogP contribution in [-0.2, 0) is 19.2 Å². The van der Waals surface area contributed by atoms with Gasteiger partial charge in [-0.05, 0) is 38.1 Å². The molecule has 4 amide bonds. The Morgan fingerprint density at radius 3 is 2.15 bits per heavy atom. The van der Waals surface area contributed by atoms with Gasteiger partial charge in [0.2, 0.25) is 23.6 Å². The van der Waals surface area contributed by atoms with Gasteiger partial charge in [-0.15, -0.1) is 0 Å². The fourth-order valence-electron chi connectivity index (χ4n) is 3.96. The Hall–Kier alpha value is -2.16. The summed E-state index contributed by atoms with van der Waals surface area (Å²) >= 11 is 0. The summed E-state index contributed by atoms with van der Waals surface area (Å²) in [5, 5.41) is 11.1. The molecule has 0 bridgehead atoms. The van der Waals surface area contributed by atoms with Crippen LogP contribution in [0.4, 0.5) is 0 Å².